The van der Waals surface area contributed by atoms with E-state index in [1.54, 1.807) is 6.07 Å². The molecule has 22 heavy (non-hydrogen) atoms. The number of hydrogen-bond donors (Lipinski definition) is 0. The van der Waals surface area contributed by atoms with Crippen LogP contribution < -0.4 is 4.90 Å². The second kappa shape index (κ2) is 5.98. The van der Waals surface area contributed by atoms with Gasteiger partial charge in [-0.3, -0.25) is 4.79 Å². The lowest BCUT2D eigenvalue weighted by Gasteiger charge is -2.20. The maximum atomic E-state index is 13.0. The average Bonchev–Trinajstić information content (AvgIpc) is 3.26. The molecule has 112 valence electrons. The average molecular weight is 299 g/mol. The lowest BCUT2D eigenvalue weighted by Crippen LogP contribution is -2.32. The smallest absolute Gasteiger partial charge is 0.280 e. The molecular formula is C16H14FN3O2. The van der Waals surface area contributed by atoms with Gasteiger partial charge in [-0.2, -0.15) is 5.26 Å². The third-order valence-electron chi connectivity index (χ3n) is 3.56. The van der Waals surface area contributed by atoms with Crippen LogP contribution in [-0.2, 0) is 0 Å². The van der Waals surface area contributed by atoms with Gasteiger partial charge in [0.15, 0.2) is 5.69 Å². The van der Waals surface area contributed by atoms with Gasteiger partial charge in [-0.05, 0) is 37.1 Å². The molecule has 1 fully saturated rings. The molecule has 1 saturated carbocycles. The summed E-state index contributed by atoms with van der Waals surface area (Å²) in [6.07, 6.45) is 2.29. The summed E-state index contributed by atoms with van der Waals surface area (Å²) in [5.74, 6) is 0.363. The Morgan fingerprint density at radius 2 is 2.14 bits per heavy atom. The van der Waals surface area contributed by atoms with Crippen LogP contribution in [0.4, 0.5) is 10.1 Å². The molecule has 1 heterocycles. The van der Waals surface area contributed by atoms with Crippen LogP contribution in [0.25, 0.3) is 0 Å². The van der Waals surface area contributed by atoms with Crippen LogP contribution in [0.5, 0.6) is 0 Å². The number of halogens is 1. The predicted molar refractivity (Wildman–Crippen MR) is 76.8 cm³/mol. The van der Waals surface area contributed by atoms with E-state index in [0.717, 1.165) is 18.6 Å². The highest BCUT2D eigenvalue weighted by Crippen LogP contribution is 2.40. The van der Waals surface area contributed by atoms with E-state index in [4.69, 9.17) is 9.78 Å². The quantitative estimate of drug-likeness (QED) is 0.849. The molecule has 6 heteroatoms. The van der Waals surface area contributed by atoms with Crippen LogP contribution in [0.2, 0.25) is 0 Å². The van der Waals surface area contributed by atoms with Crippen LogP contribution in [0.15, 0.2) is 34.9 Å². The maximum Gasteiger partial charge on any atom is 0.280 e. The van der Waals surface area contributed by atoms with Gasteiger partial charge < -0.3 is 9.42 Å². The van der Waals surface area contributed by atoms with E-state index >= 15 is 0 Å². The Bertz CT molecular complexity index is 714. The van der Waals surface area contributed by atoms with Gasteiger partial charge in [0.1, 0.15) is 11.6 Å². The molecule has 0 bridgehead atoms. The van der Waals surface area contributed by atoms with Gasteiger partial charge >= 0.3 is 0 Å². The van der Waals surface area contributed by atoms with Crippen LogP contribution in [0.3, 0.4) is 0 Å². The Balaban J connectivity index is 1.85. The Hall–Kier alpha value is -2.68. The Kier molecular flexibility index (Phi) is 3.88. The molecule has 3 rings (SSSR count). The van der Waals surface area contributed by atoms with Crippen LogP contribution in [0.1, 0.15) is 41.4 Å². The largest absolute Gasteiger partial charge is 0.360 e. The van der Waals surface area contributed by atoms with Crippen molar-refractivity contribution in [3.8, 4) is 6.07 Å². The minimum atomic E-state index is -0.381. The molecule has 0 N–H and O–H groups in total. The predicted octanol–water partition coefficient (Wildman–Crippen LogP) is 3.25. The zero-order valence-electron chi connectivity index (χ0n) is 11.8. The zero-order chi connectivity index (χ0) is 15.5. The van der Waals surface area contributed by atoms with Crippen molar-refractivity contribution in [3.63, 3.8) is 0 Å². The van der Waals surface area contributed by atoms with Gasteiger partial charge in [-0.15, -0.1) is 0 Å². The van der Waals surface area contributed by atoms with Gasteiger partial charge in [0, 0.05) is 24.2 Å². The highest BCUT2D eigenvalue weighted by Gasteiger charge is 2.30. The number of rotatable bonds is 5. The molecule has 0 radical (unpaired) electrons. The Morgan fingerprint density at radius 3 is 2.77 bits per heavy atom. The van der Waals surface area contributed by atoms with Crippen LogP contribution >= 0.6 is 0 Å². The van der Waals surface area contributed by atoms with Gasteiger partial charge in [0.2, 0.25) is 0 Å². The van der Waals surface area contributed by atoms with E-state index < -0.39 is 0 Å². The summed E-state index contributed by atoms with van der Waals surface area (Å²) in [5, 5.41) is 12.6. The fraction of sp³-hybridized carbons (Fsp3) is 0.312. The molecule has 1 aromatic carbocycles. The lowest BCUT2D eigenvalue weighted by atomic mass is 10.2. The van der Waals surface area contributed by atoms with Crippen molar-refractivity contribution in [3.05, 3.63) is 47.6 Å². The number of benzene rings is 1. The first kappa shape index (κ1) is 14.3. The first-order chi connectivity index (χ1) is 10.7. The van der Waals surface area contributed by atoms with E-state index in [0.29, 0.717) is 11.6 Å². The standard InChI is InChI=1S/C16H14FN3O2/c17-12-4-6-13(7-5-12)20(9-1-8-18)16(21)14-10-15(22-19-14)11-2-3-11/h4-7,10-11H,1-3,9H2. The van der Waals surface area contributed by atoms with Gasteiger partial charge in [-0.25, -0.2) is 4.39 Å². The van der Waals surface area contributed by atoms with Gasteiger partial charge in [0.05, 0.1) is 12.5 Å². The third kappa shape index (κ3) is 2.98. The monoisotopic (exact) mass is 299 g/mol. The highest BCUT2D eigenvalue weighted by molar-refractivity contribution is 6.04. The van der Waals surface area contributed by atoms with Crippen LogP contribution in [0, 0.1) is 17.1 Å². The van der Waals surface area contributed by atoms with Crippen molar-refractivity contribution in [1.82, 2.24) is 5.16 Å². The number of nitriles is 1. The van der Waals surface area contributed by atoms with E-state index in [2.05, 4.69) is 5.16 Å². The van der Waals surface area contributed by atoms with Crippen LogP contribution in [-0.4, -0.2) is 17.6 Å². The van der Waals surface area contributed by atoms with Crippen molar-refractivity contribution in [2.24, 2.45) is 0 Å². The van der Waals surface area contributed by atoms with E-state index in [9.17, 15) is 9.18 Å². The molecule has 5 nitrogen and oxygen atoms in total. The molecule has 1 aromatic heterocycles. The lowest BCUT2D eigenvalue weighted by molar-refractivity contribution is 0.0978. The second-order valence-corrected chi connectivity index (χ2v) is 5.23. The number of carbonyl (C=O) groups is 1. The molecule has 1 amide bonds. The summed E-state index contributed by atoms with van der Waals surface area (Å²) in [6, 6.07) is 9.23. The molecule has 0 aliphatic heterocycles. The normalized spacial score (nSPS) is 13.6. The number of amides is 1. The number of carbonyl (C=O) groups excluding carboxylic acids is 1. The molecule has 1 aliphatic rings. The molecule has 0 unspecified atom stereocenters. The molecule has 1 aliphatic carbocycles. The van der Waals surface area contributed by atoms with Crippen molar-refractivity contribution < 1.29 is 13.7 Å². The number of nitrogens with zero attached hydrogens (tertiary/aromatic N) is 3. The van der Waals surface area contributed by atoms with Crippen molar-refractivity contribution >= 4 is 11.6 Å². The molecule has 0 saturated heterocycles. The Morgan fingerprint density at radius 1 is 1.41 bits per heavy atom. The summed E-state index contributed by atoms with van der Waals surface area (Å²) >= 11 is 0. The summed E-state index contributed by atoms with van der Waals surface area (Å²) in [4.78, 5) is 14.0. The van der Waals surface area contributed by atoms with Gasteiger partial charge in [0.25, 0.3) is 5.91 Å². The first-order valence-corrected chi connectivity index (χ1v) is 7.10. The molecule has 0 spiro atoms. The maximum absolute atomic E-state index is 13.0. The summed E-state index contributed by atoms with van der Waals surface area (Å²) in [5.41, 5.74) is 0.738. The zero-order valence-corrected chi connectivity index (χ0v) is 11.8. The Labute approximate surface area is 126 Å². The summed E-state index contributed by atoms with van der Waals surface area (Å²) in [6.45, 7) is 0.215. The SMILES string of the molecule is N#CCCN(C(=O)c1cc(C2CC2)on1)c1ccc(F)cc1. The van der Waals surface area contributed by atoms with E-state index in [1.807, 2.05) is 6.07 Å². The fourth-order valence-electron chi connectivity index (χ4n) is 2.22. The topological polar surface area (TPSA) is 70.1 Å². The second-order valence-electron chi connectivity index (χ2n) is 5.23. The van der Waals surface area contributed by atoms with E-state index in [-0.39, 0.29) is 30.4 Å². The van der Waals surface area contributed by atoms with Crippen molar-refractivity contribution in [1.29, 1.82) is 5.26 Å². The minimum Gasteiger partial charge on any atom is -0.360 e. The molecule has 2 aromatic rings. The summed E-state index contributed by atoms with van der Waals surface area (Å²) < 4.78 is 18.2. The summed E-state index contributed by atoms with van der Waals surface area (Å²) in [7, 11) is 0. The van der Waals surface area contributed by atoms with Gasteiger partial charge in [-0.1, -0.05) is 5.16 Å². The molecule has 0 atom stereocenters. The minimum absolute atomic E-state index is 0.177. The fourth-order valence-corrected chi connectivity index (χ4v) is 2.22. The molecular weight excluding hydrogens is 285 g/mol. The van der Waals surface area contributed by atoms with Crippen molar-refractivity contribution in [2.75, 3.05) is 11.4 Å². The number of anilines is 1. The highest BCUT2D eigenvalue weighted by atomic mass is 19.1. The number of hydrogen-bond acceptors (Lipinski definition) is 4. The van der Waals surface area contributed by atoms with E-state index in [1.165, 1.54) is 29.2 Å². The first-order valence-electron chi connectivity index (χ1n) is 7.10. The number of aromatic nitrogens is 1. The third-order valence-corrected chi connectivity index (χ3v) is 3.56. The van der Waals surface area contributed by atoms with Crippen molar-refractivity contribution in [2.45, 2.75) is 25.2 Å².